The monoisotopic (exact) mass is 140 g/mol. The number of nitrogens with one attached hydrogen (secondary N) is 1. The molecule has 0 aromatic rings. The van der Waals surface area contributed by atoms with Crippen LogP contribution in [0.5, 0.6) is 0 Å². The Bertz CT molecular complexity index is 87.8. The zero-order valence-electron chi connectivity index (χ0n) is 6.47. The van der Waals surface area contributed by atoms with E-state index in [4.69, 9.17) is 0 Å². The summed E-state index contributed by atoms with van der Waals surface area (Å²) in [7, 11) is 0. The molecule has 1 saturated carbocycles. The maximum Gasteiger partial charge on any atom is 0.0484 e. The molecule has 0 bridgehead atoms. The molecule has 0 amide bonds. The zero-order chi connectivity index (χ0) is 6.81. The first-order chi connectivity index (χ1) is 4.97. The second-order valence-electron chi connectivity index (χ2n) is 3.41. The van der Waals surface area contributed by atoms with Gasteiger partial charge in [0.25, 0.3) is 0 Å². The predicted molar refractivity (Wildman–Crippen MR) is 41.8 cm³/mol. The van der Waals surface area contributed by atoms with Crippen molar-refractivity contribution in [2.24, 2.45) is 0 Å². The van der Waals surface area contributed by atoms with Crippen LogP contribution in [0.4, 0.5) is 0 Å². The minimum absolute atomic E-state index is 0.926. The fourth-order valence-corrected chi connectivity index (χ4v) is 2.11. The van der Waals surface area contributed by atoms with Crippen molar-refractivity contribution in [3.8, 4) is 0 Å². The van der Waals surface area contributed by atoms with Gasteiger partial charge in [0.15, 0.2) is 0 Å². The van der Waals surface area contributed by atoms with Crippen LogP contribution in [-0.2, 0) is 0 Å². The Morgan fingerprint density at radius 1 is 1.20 bits per heavy atom. The smallest absolute Gasteiger partial charge is 0.0484 e. The van der Waals surface area contributed by atoms with Crippen LogP contribution >= 0.6 is 0 Å². The van der Waals surface area contributed by atoms with E-state index < -0.39 is 0 Å². The summed E-state index contributed by atoms with van der Waals surface area (Å²) in [6, 6.07) is 0.926. The molecule has 1 aliphatic heterocycles. The van der Waals surface area contributed by atoms with E-state index in [2.05, 4.69) is 10.2 Å². The van der Waals surface area contributed by atoms with E-state index in [1.807, 2.05) is 0 Å². The van der Waals surface area contributed by atoms with Gasteiger partial charge >= 0.3 is 0 Å². The number of hydrogen-bond donors (Lipinski definition) is 1. The quantitative estimate of drug-likeness (QED) is 0.579. The lowest BCUT2D eigenvalue weighted by Gasteiger charge is -2.21. The summed E-state index contributed by atoms with van der Waals surface area (Å²) in [5, 5.41) is 3.38. The van der Waals surface area contributed by atoms with Gasteiger partial charge in [-0.15, -0.1) is 0 Å². The van der Waals surface area contributed by atoms with Crippen LogP contribution < -0.4 is 5.32 Å². The van der Waals surface area contributed by atoms with Gasteiger partial charge in [0, 0.05) is 25.8 Å². The average molecular weight is 140 g/mol. The largest absolute Gasteiger partial charge is 0.303 e. The van der Waals surface area contributed by atoms with Crippen LogP contribution in [0.1, 0.15) is 25.7 Å². The van der Waals surface area contributed by atoms with Crippen LogP contribution in [0, 0.1) is 0 Å². The summed E-state index contributed by atoms with van der Waals surface area (Å²) in [4.78, 5) is 2.59. The Hall–Kier alpha value is -0.0800. The average Bonchev–Trinajstić information content (AvgIpc) is 2.59. The third kappa shape index (κ3) is 1.18. The van der Waals surface area contributed by atoms with Crippen molar-refractivity contribution in [2.75, 3.05) is 19.8 Å². The first-order valence-corrected chi connectivity index (χ1v) is 4.41. The van der Waals surface area contributed by atoms with Crippen LogP contribution in [0.2, 0.25) is 0 Å². The van der Waals surface area contributed by atoms with Crippen molar-refractivity contribution in [1.82, 2.24) is 10.2 Å². The lowest BCUT2D eigenvalue weighted by Crippen LogP contribution is -2.31. The molecule has 10 heavy (non-hydrogen) atoms. The van der Waals surface area contributed by atoms with Crippen LogP contribution in [0.25, 0.3) is 0 Å². The topological polar surface area (TPSA) is 15.3 Å². The van der Waals surface area contributed by atoms with Gasteiger partial charge in [-0.1, -0.05) is 12.8 Å². The van der Waals surface area contributed by atoms with Gasteiger partial charge in [-0.2, -0.15) is 0 Å². The molecule has 1 saturated heterocycles. The normalized spacial score (nSPS) is 30.0. The van der Waals surface area contributed by atoms with Gasteiger partial charge in [-0.3, -0.25) is 4.90 Å². The molecule has 0 atom stereocenters. The van der Waals surface area contributed by atoms with Gasteiger partial charge in [0.2, 0.25) is 0 Å². The molecule has 1 aliphatic carbocycles. The molecule has 2 aliphatic rings. The van der Waals surface area contributed by atoms with E-state index in [1.54, 1.807) is 0 Å². The van der Waals surface area contributed by atoms with Gasteiger partial charge in [-0.05, 0) is 12.8 Å². The van der Waals surface area contributed by atoms with Gasteiger partial charge in [0.1, 0.15) is 0 Å². The molecular formula is C8H16N2. The first kappa shape index (κ1) is 6.62. The highest BCUT2D eigenvalue weighted by atomic mass is 15.3. The van der Waals surface area contributed by atoms with Crippen molar-refractivity contribution in [2.45, 2.75) is 31.7 Å². The molecule has 0 aromatic heterocycles. The summed E-state index contributed by atoms with van der Waals surface area (Å²) in [5.41, 5.74) is 0. The number of rotatable bonds is 1. The lowest BCUT2D eigenvalue weighted by atomic mass is 10.2. The standard InChI is InChI=1S/C8H16N2/c1-2-4-8(3-1)10-6-5-9-7-10/h8-9H,1-7H2. The summed E-state index contributed by atoms with van der Waals surface area (Å²) in [5.74, 6) is 0. The summed E-state index contributed by atoms with van der Waals surface area (Å²) < 4.78 is 0. The SMILES string of the molecule is C1CCC(N2CCNC2)C1. The molecule has 2 rings (SSSR count). The first-order valence-electron chi connectivity index (χ1n) is 4.41. The molecule has 2 fully saturated rings. The van der Waals surface area contributed by atoms with Crippen LogP contribution in [0.15, 0.2) is 0 Å². The Morgan fingerprint density at radius 2 is 2.00 bits per heavy atom. The fraction of sp³-hybridized carbons (Fsp3) is 1.00. The highest BCUT2D eigenvalue weighted by Gasteiger charge is 2.23. The molecule has 0 spiro atoms. The van der Waals surface area contributed by atoms with Crippen LogP contribution in [-0.4, -0.2) is 30.7 Å². The molecule has 0 aromatic carbocycles. The van der Waals surface area contributed by atoms with E-state index in [0.29, 0.717) is 0 Å². The van der Waals surface area contributed by atoms with Crippen molar-refractivity contribution in [3.63, 3.8) is 0 Å². The fourth-order valence-electron chi connectivity index (χ4n) is 2.11. The molecule has 0 radical (unpaired) electrons. The highest BCUT2D eigenvalue weighted by Crippen LogP contribution is 2.23. The van der Waals surface area contributed by atoms with Crippen molar-refractivity contribution < 1.29 is 0 Å². The molecule has 0 unspecified atom stereocenters. The van der Waals surface area contributed by atoms with E-state index >= 15 is 0 Å². The predicted octanol–water partition coefficient (Wildman–Crippen LogP) is 0.792. The Balaban J connectivity index is 1.85. The molecule has 2 nitrogen and oxygen atoms in total. The summed E-state index contributed by atoms with van der Waals surface area (Å²) in [6.45, 7) is 3.63. The van der Waals surface area contributed by atoms with Gasteiger partial charge in [-0.25, -0.2) is 0 Å². The Kier molecular flexibility index (Phi) is 1.91. The Labute approximate surface area is 62.6 Å². The molecular weight excluding hydrogens is 124 g/mol. The van der Waals surface area contributed by atoms with E-state index in [9.17, 15) is 0 Å². The molecule has 1 heterocycles. The van der Waals surface area contributed by atoms with Crippen LogP contribution in [0.3, 0.4) is 0 Å². The minimum atomic E-state index is 0.926. The highest BCUT2D eigenvalue weighted by molar-refractivity contribution is 4.79. The third-order valence-electron chi connectivity index (χ3n) is 2.73. The van der Waals surface area contributed by atoms with Gasteiger partial charge in [0.05, 0.1) is 0 Å². The summed E-state index contributed by atoms with van der Waals surface area (Å²) in [6.07, 6.45) is 5.81. The second-order valence-corrected chi connectivity index (χ2v) is 3.41. The third-order valence-corrected chi connectivity index (χ3v) is 2.73. The number of nitrogens with zero attached hydrogens (tertiary/aromatic N) is 1. The van der Waals surface area contributed by atoms with Crippen molar-refractivity contribution in [3.05, 3.63) is 0 Å². The maximum absolute atomic E-state index is 3.38. The zero-order valence-corrected chi connectivity index (χ0v) is 6.47. The van der Waals surface area contributed by atoms with E-state index in [-0.39, 0.29) is 0 Å². The molecule has 1 N–H and O–H groups in total. The van der Waals surface area contributed by atoms with E-state index in [0.717, 1.165) is 12.7 Å². The molecule has 58 valence electrons. The van der Waals surface area contributed by atoms with Crippen molar-refractivity contribution in [1.29, 1.82) is 0 Å². The van der Waals surface area contributed by atoms with Gasteiger partial charge < -0.3 is 5.32 Å². The number of hydrogen-bond acceptors (Lipinski definition) is 2. The second kappa shape index (κ2) is 2.89. The Morgan fingerprint density at radius 3 is 2.60 bits per heavy atom. The lowest BCUT2D eigenvalue weighted by molar-refractivity contribution is 0.244. The minimum Gasteiger partial charge on any atom is -0.303 e. The maximum atomic E-state index is 3.38. The van der Waals surface area contributed by atoms with Crippen molar-refractivity contribution >= 4 is 0 Å². The summed E-state index contributed by atoms with van der Waals surface area (Å²) >= 11 is 0. The van der Waals surface area contributed by atoms with E-state index in [1.165, 1.54) is 38.8 Å². The molecule has 2 heteroatoms.